The van der Waals surface area contributed by atoms with E-state index in [1.54, 1.807) is 4.57 Å². The minimum atomic E-state index is -0.651. The summed E-state index contributed by atoms with van der Waals surface area (Å²) in [5.41, 5.74) is 6.58. The van der Waals surface area contributed by atoms with Crippen LogP contribution in [0, 0.1) is 0 Å². The predicted octanol–water partition coefficient (Wildman–Crippen LogP) is -1.09. The summed E-state index contributed by atoms with van der Waals surface area (Å²) >= 11 is 0. The summed E-state index contributed by atoms with van der Waals surface area (Å²) in [5, 5.41) is 17.9. The lowest BCUT2D eigenvalue weighted by atomic mass is 10.5. The molecule has 2 aromatic heterocycles. The molecule has 0 saturated carbocycles. The SMILES string of the molecule is Nc1ncnc2c1ncn2[C@@H](CO)OCCO. The van der Waals surface area contributed by atoms with Gasteiger partial charge in [0.2, 0.25) is 0 Å². The van der Waals surface area contributed by atoms with E-state index < -0.39 is 6.23 Å². The van der Waals surface area contributed by atoms with Gasteiger partial charge in [-0.3, -0.25) is 4.57 Å². The molecule has 2 rings (SSSR count). The van der Waals surface area contributed by atoms with Gasteiger partial charge in [-0.25, -0.2) is 15.0 Å². The second kappa shape index (κ2) is 5.04. The normalized spacial score (nSPS) is 13.1. The number of hydrogen-bond donors (Lipinski definition) is 3. The van der Waals surface area contributed by atoms with Crippen LogP contribution < -0.4 is 5.73 Å². The molecule has 0 radical (unpaired) electrons. The van der Waals surface area contributed by atoms with E-state index in [0.717, 1.165) is 0 Å². The van der Waals surface area contributed by atoms with Gasteiger partial charge in [0.1, 0.15) is 11.8 Å². The second-order valence-corrected chi connectivity index (χ2v) is 3.31. The van der Waals surface area contributed by atoms with Crippen molar-refractivity contribution in [3.8, 4) is 0 Å². The Kier molecular flexibility index (Phi) is 3.47. The Hall–Kier alpha value is -1.77. The van der Waals surface area contributed by atoms with E-state index in [9.17, 15) is 5.11 Å². The predicted molar refractivity (Wildman–Crippen MR) is 58.9 cm³/mol. The van der Waals surface area contributed by atoms with Crippen molar-refractivity contribution in [3.05, 3.63) is 12.7 Å². The highest BCUT2D eigenvalue weighted by atomic mass is 16.5. The molecule has 8 heteroatoms. The summed E-state index contributed by atoms with van der Waals surface area (Å²) < 4.78 is 6.80. The fraction of sp³-hybridized carbons (Fsp3) is 0.444. The largest absolute Gasteiger partial charge is 0.394 e. The molecule has 0 spiro atoms. The molecule has 0 aromatic carbocycles. The molecule has 92 valence electrons. The highest BCUT2D eigenvalue weighted by molar-refractivity contribution is 5.81. The summed E-state index contributed by atoms with van der Waals surface area (Å²) in [6.45, 7) is -0.263. The smallest absolute Gasteiger partial charge is 0.167 e. The van der Waals surface area contributed by atoms with Crippen molar-refractivity contribution in [2.24, 2.45) is 0 Å². The first-order chi connectivity index (χ1) is 8.27. The average Bonchev–Trinajstić information content (AvgIpc) is 2.76. The Morgan fingerprint density at radius 1 is 1.35 bits per heavy atom. The van der Waals surface area contributed by atoms with Crippen LogP contribution in [0.25, 0.3) is 11.2 Å². The molecule has 0 unspecified atom stereocenters. The van der Waals surface area contributed by atoms with Crippen LogP contribution in [0.4, 0.5) is 5.82 Å². The van der Waals surface area contributed by atoms with E-state index in [4.69, 9.17) is 15.6 Å². The number of nitrogens with two attached hydrogens (primary N) is 1. The molecule has 0 fully saturated rings. The third-order valence-electron chi connectivity index (χ3n) is 2.26. The summed E-state index contributed by atoms with van der Waals surface area (Å²) in [6, 6.07) is 0. The maximum absolute atomic E-state index is 9.22. The van der Waals surface area contributed by atoms with Gasteiger partial charge < -0.3 is 20.7 Å². The minimum Gasteiger partial charge on any atom is -0.394 e. The zero-order valence-corrected chi connectivity index (χ0v) is 9.02. The average molecular weight is 239 g/mol. The highest BCUT2D eigenvalue weighted by Gasteiger charge is 2.15. The number of nitrogens with zero attached hydrogens (tertiary/aromatic N) is 4. The Morgan fingerprint density at radius 2 is 2.18 bits per heavy atom. The molecule has 17 heavy (non-hydrogen) atoms. The molecule has 0 aliphatic carbocycles. The molecule has 1 atom stereocenters. The maximum atomic E-state index is 9.22. The summed E-state index contributed by atoms with van der Waals surface area (Å²) in [4.78, 5) is 11.9. The number of aromatic nitrogens is 4. The third kappa shape index (κ3) is 2.18. The molecular formula is C9H13N5O3. The lowest BCUT2D eigenvalue weighted by molar-refractivity contribution is -0.0444. The summed E-state index contributed by atoms with van der Waals surface area (Å²) in [5.74, 6) is 0.271. The Morgan fingerprint density at radius 3 is 2.88 bits per heavy atom. The van der Waals surface area contributed by atoms with Crippen molar-refractivity contribution in [1.29, 1.82) is 0 Å². The Bertz CT molecular complexity index is 500. The van der Waals surface area contributed by atoms with Gasteiger partial charge in [-0.15, -0.1) is 0 Å². The molecule has 4 N–H and O–H groups in total. The maximum Gasteiger partial charge on any atom is 0.167 e. The van der Waals surface area contributed by atoms with Crippen LogP contribution in [0.3, 0.4) is 0 Å². The van der Waals surface area contributed by atoms with E-state index >= 15 is 0 Å². The topological polar surface area (TPSA) is 119 Å². The zero-order valence-electron chi connectivity index (χ0n) is 9.02. The monoisotopic (exact) mass is 239 g/mol. The van der Waals surface area contributed by atoms with Crippen LogP contribution in [-0.2, 0) is 4.74 Å². The third-order valence-corrected chi connectivity index (χ3v) is 2.26. The number of ether oxygens (including phenoxy) is 1. The molecule has 0 amide bonds. The second-order valence-electron chi connectivity index (χ2n) is 3.31. The van der Waals surface area contributed by atoms with E-state index in [-0.39, 0.29) is 25.6 Å². The van der Waals surface area contributed by atoms with E-state index in [0.29, 0.717) is 11.2 Å². The van der Waals surface area contributed by atoms with Crippen LogP contribution in [0.15, 0.2) is 12.7 Å². The first-order valence-electron chi connectivity index (χ1n) is 5.04. The Labute approximate surface area is 96.7 Å². The van der Waals surface area contributed by atoms with Crippen LogP contribution in [0.1, 0.15) is 6.23 Å². The van der Waals surface area contributed by atoms with E-state index in [1.807, 2.05) is 0 Å². The zero-order chi connectivity index (χ0) is 12.3. The summed E-state index contributed by atoms with van der Waals surface area (Å²) in [7, 11) is 0. The number of imidazole rings is 1. The van der Waals surface area contributed by atoms with Crippen molar-refractivity contribution in [2.45, 2.75) is 6.23 Å². The number of hydrogen-bond acceptors (Lipinski definition) is 7. The van der Waals surface area contributed by atoms with Crippen LogP contribution in [0.2, 0.25) is 0 Å². The lowest BCUT2D eigenvalue weighted by Gasteiger charge is -2.16. The number of aliphatic hydroxyl groups excluding tert-OH is 2. The van der Waals surface area contributed by atoms with Crippen molar-refractivity contribution in [2.75, 3.05) is 25.6 Å². The molecule has 2 heterocycles. The number of fused-ring (bicyclic) bond motifs is 1. The van der Waals surface area contributed by atoms with Crippen molar-refractivity contribution >= 4 is 17.0 Å². The van der Waals surface area contributed by atoms with Crippen LogP contribution >= 0.6 is 0 Å². The van der Waals surface area contributed by atoms with Gasteiger partial charge in [0, 0.05) is 0 Å². The van der Waals surface area contributed by atoms with Crippen molar-refractivity contribution in [1.82, 2.24) is 19.5 Å². The van der Waals surface area contributed by atoms with Crippen LogP contribution in [0.5, 0.6) is 0 Å². The lowest BCUT2D eigenvalue weighted by Crippen LogP contribution is -2.18. The first-order valence-corrected chi connectivity index (χ1v) is 5.04. The fourth-order valence-corrected chi connectivity index (χ4v) is 1.49. The molecule has 0 saturated heterocycles. The van der Waals surface area contributed by atoms with Crippen LogP contribution in [-0.4, -0.2) is 49.6 Å². The number of anilines is 1. The van der Waals surface area contributed by atoms with E-state index in [2.05, 4.69) is 15.0 Å². The van der Waals surface area contributed by atoms with Gasteiger partial charge in [0.25, 0.3) is 0 Å². The van der Waals surface area contributed by atoms with Gasteiger partial charge in [0.15, 0.2) is 17.7 Å². The number of nitrogen functional groups attached to an aromatic ring is 1. The number of aliphatic hydroxyl groups is 2. The molecule has 0 aliphatic heterocycles. The van der Waals surface area contributed by atoms with Crippen molar-refractivity contribution in [3.63, 3.8) is 0 Å². The Balaban J connectivity index is 2.37. The molecular weight excluding hydrogens is 226 g/mol. The number of rotatable bonds is 5. The molecule has 8 nitrogen and oxygen atoms in total. The molecule has 2 aromatic rings. The van der Waals surface area contributed by atoms with E-state index in [1.165, 1.54) is 12.7 Å². The fourth-order valence-electron chi connectivity index (χ4n) is 1.49. The minimum absolute atomic E-state index is 0.117. The standard InChI is InChI=1S/C9H13N5O3/c10-8-7-9(12-4-11-8)14(5-13-7)6(3-16)17-2-1-15/h4-6,15-16H,1-3H2,(H2,10,11,12)/t6-/m1/s1. The van der Waals surface area contributed by atoms with Gasteiger partial charge >= 0.3 is 0 Å². The first kappa shape index (κ1) is 11.7. The summed E-state index contributed by atoms with van der Waals surface area (Å²) in [6.07, 6.45) is 2.13. The highest BCUT2D eigenvalue weighted by Crippen LogP contribution is 2.19. The van der Waals surface area contributed by atoms with Gasteiger partial charge in [-0.05, 0) is 0 Å². The molecule has 0 bridgehead atoms. The van der Waals surface area contributed by atoms with Gasteiger partial charge in [0.05, 0.1) is 26.1 Å². The van der Waals surface area contributed by atoms with Gasteiger partial charge in [-0.2, -0.15) is 0 Å². The molecule has 0 aliphatic rings. The van der Waals surface area contributed by atoms with Crippen molar-refractivity contribution < 1.29 is 14.9 Å². The van der Waals surface area contributed by atoms with Gasteiger partial charge in [-0.1, -0.05) is 0 Å². The quantitative estimate of drug-likeness (QED) is 0.606.